The van der Waals surface area contributed by atoms with Crippen molar-refractivity contribution in [2.24, 2.45) is 5.92 Å². The van der Waals surface area contributed by atoms with Crippen LogP contribution in [-0.2, 0) is 4.74 Å². The number of anilines is 1. The molecular formula is C20H25N3O3. The van der Waals surface area contributed by atoms with Crippen LogP contribution in [0.4, 0.5) is 5.69 Å². The van der Waals surface area contributed by atoms with Crippen molar-refractivity contribution >= 4 is 11.7 Å². The minimum absolute atomic E-state index is 0.196. The van der Waals surface area contributed by atoms with Crippen molar-refractivity contribution < 1.29 is 9.53 Å². The van der Waals surface area contributed by atoms with Gasteiger partial charge >= 0.3 is 5.97 Å². The van der Waals surface area contributed by atoms with Gasteiger partial charge in [0.15, 0.2) is 5.69 Å². The first-order valence-corrected chi connectivity index (χ1v) is 9.13. The number of rotatable bonds is 4. The fourth-order valence-electron chi connectivity index (χ4n) is 3.15. The zero-order valence-electron chi connectivity index (χ0n) is 15.6. The van der Waals surface area contributed by atoms with Crippen molar-refractivity contribution in [3.05, 3.63) is 51.9 Å². The van der Waals surface area contributed by atoms with E-state index in [9.17, 15) is 9.59 Å². The van der Waals surface area contributed by atoms with Crippen LogP contribution in [0.2, 0.25) is 0 Å². The quantitative estimate of drug-likeness (QED) is 0.789. The third-order valence-corrected chi connectivity index (χ3v) is 4.78. The van der Waals surface area contributed by atoms with Crippen LogP contribution in [0.3, 0.4) is 0 Å². The molecule has 0 radical (unpaired) electrons. The maximum absolute atomic E-state index is 12.7. The SMILES string of the molecule is CCOC(=O)c1nn(-c2ccc(C)cc2)c(=O)cc1N1CCC(C)CC1. The Hall–Kier alpha value is -2.63. The van der Waals surface area contributed by atoms with Gasteiger partial charge in [-0.25, -0.2) is 4.79 Å². The molecule has 6 heteroatoms. The molecule has 2 aromatic rings. The van der Waals surface area contributed by atoms with Gasteiger partial charge in [-0.3, -0.25) is 4.79 Å². The zero-order valence-corrected chi connectivity index (χ0v) is 15.6. The lowest BCUT2D eigenvalue weighted by molar-refractivity contribution is 0.0518. The Kier molecular flexibility index (Phi) is 5.40. The first-order valence-electron chi connectivity index (χ1n) is 9.13. The highest BCUT2D eigenvalue weighted by atomic mass is 16.5. The Morgan fingerprint density at radius 2 is 1.88 bits per heavy atom. The van der Waals surface area contributed by atoms with Gasteiger partial charge in [-0.2, -0.15) is 9.78 Å². The van der Waals surface area contributed by atoms with Crippen LogP contribution in [0, 0.1) is 12.8 Å². The number of carbonyl (C=O) groups excluding carboxylic acids is 1. The molecule has 1 aromatic heterocycles. The van der Waals surface area contributed by atoms with Crippen molar-refractivity contribution in [3.8, 4) is 5.69 Å². The minimum Gasteiger partial charge on any atom is -0.461 e. The summed E-state index contributed by atoms with van der Waals surface area (Å²) in [6.45, 7) is 7.84. The summed E-state index contributed by atoms with van der Waals surface area (Å²) in [7, 11) is 0. The number of esters is 1. The molecule has 3 rings (SSSR count). The number of hydrogen-bond donors (Lipinski definition) is 0. The Morgan fingerprint density at radius 1 is 1.23 bits per heavy atom. The average molecular weight is 355 g/mol. The van der Waals surface area contributed by atoms with Gasteiger partial charge in [0.2, 0.25) is 0 Å². The van der Waals surface area contributed by atoms with Gasteiger partial charge in [-0.15, -0.1) is 0 Å². The third kappa shape index (κ3) is 3.79. The van der Waals surface area contributed by atoms with E-state index in [1.807, 2.05) is 31.2 Å². The Morgan fingerprint density at radius 3 is 2.50 bits per heavy atom. The molecule has 1 saturated heterocycles. The second-order valence-electron chi connectivity index (χ2n) is 6.85. The number of nitrogens with zero attached hydrogens (tertiary/aromatic N) is 3. The maximum Gasteiger partial charge on any atom is 0.360 e. The molecular weight excluding hydrogens is 330 g/mol. The fourth-order valence-corrected chi connectivity index (χ4v) is 3.15. The molecule has 0 atom stereocenters. The highest BCUT2D eigenvalue weighted by Gasteiger charge is 2.25. The summed E-state index contributed by atoms with van der Waals surface area (Å²) in [5.74, 6) is 0.153. The number of piperidine rings is 1. The number of benzene rings is 1. The van der Waals surface area contributed by atoms with Crippen molar-refractivity contribution in [2.75, 3.05) is 24.6 Å². The van der Waals surface area contributed by atoms with E-state index in [4.69, 9.17) is 4.74 Å². The maximum atomic E-state index is 12.7. The van der Waals surface area contributed by atoms with Crippen LogP contribution in [0.5, 0.6) is 0 Å². The van der Waals surface area contributed by atoms with Crippen LogP contribution in [-0.4, -0.2) is 35.4 Å². The van der Waals surface area contributed by atoms with E-state index in [0.29, 0.717) is 17.3 Å². The summed E-state index contributed by atoms with van der Waals surface area (Å²) in [6.07, 6.45) is 2.06. The molecule has 0 N–H and O–H groups in total. The van der Waals surface area contributed by atoms with Crippen LogP contribution in [0.1, 0.15) is 42.7 Å². The number of aryl methyl sites for hydroxylation is 1. The van der Waals surface area contributed by atoms with E-state index in [1.54, 1.807) is 6.92 Å². The average Bonchev–Trinajstić information content (AvgIpc) is 2.63. The monoisotopic (exact) mass is 355 g/mol. The van der Waals surface area contributed by atoms with E-state index in [0.717, 1.165) is 31.5 Å². The molecule has 26 heavy (non-hydrogen) atoms. The van der Waals surface area contributed by atoms with E-state index in [1.165, 1.54) is 10.7 Å². The second kappa shape index (κ2) is 7.72. The van der Waals surface area contributed by atoms with Gasteiger partial charge in [-0.1, -0.05) is 24.6 Å². The summed E-state index contributed by atoms with van der Waals surface area (Å²) in [5.41, 5.74) is 2.23. The van der Waals surface area contributed by atoms with Crippen LogP contribution >= 0.6 is 0 Å². The van der Waals surface area contributed by atoms with Gasteiger partial charge in [0.1, 0.15) is 0 Å². The summed E-state index contributed by atoms with van der Waals surface area (Å²) in [6, 6.07) is 8.97. The van der Waals surface area contributed by atoms with Gasteiger partial charge in [0.05, 0.1) is 18.0 Å². The minimum atomic E-state index is -0.498. The van der Waals surface area contributed by atoms with E-state index < -0.39 is 5.97 Å². The Labute approximate surface area is 153 Å². The third-order valence-electron chi connectivity index (χ3n) is 4.78. The molecule has 1 fully saturated rings. The van der Waals surface area contributed by atoms with Crippen molar-refractivity contribution in [3.63, 3.8) is 0 Å². The summed E-state index contributed by atoms with van der Waals surface area (Å²) >= 11 is 0. The largest absolute Gasteiger partial charge is 0.461 e. The summed E-state index contributed by atoms with van der Waals surface area (Å²) in [4.78, 5) is 27.3. The molecule has 0 bridgehead atoms. The first-order chi connectivity index (χ1) is 12.5. The standard InChI is InChI=1S/C20H25N3O3/c1-4-26-20(25)19-17(22-11-9-15(3)10-12-22)13-18(24)23(21-19)16-7-5-14(2)6-8-16/h5-8,13,15H,4,9-12H2,1-3H3. The predicted molar refractivity (Wildman–Crippen MR) is 101 cm³/mol. The number of ether oxygens (including phenoxy) is 1. The lowest BCUT2D eigenvalue weighted by Gasteiger charge is -2.32. The number of carbonyl (C=O) groups is 1. The van der Waals surface area contributed by atoms with Crippen LogP contribution in [0.15, 0.2) is 35.1 Å². The van der Waals surface area contributed by atoms with Gasteiger partial charge in [0, 0.05) is 19.2 Å². The van der Waals surface area contributed by atoms with Crippen molar-refractivity contribution in [1.82, 2.24) is 9.78 Å². The highest BCUT2D eigenvalue weighted by Crippen LogP contribution is 2.25. The number of aromatic nitrogens is 2. The lowest BCUT2D eigenvalue weighted by Crippen LogP contribution is -2.36. The summed E-state index contributed by atoms with van der Waals surface area (Å²) < 4.78 is 6.45. The fraction of sp³-hybridized carbons (Fsp3) is 0.450. The molecule has 2 heterocycles. The van der Waals surface area contributed by atoms with E-state index >= 15 is 0 Å². The second-order valence-corrected chi connectivity index (χ2v) is 6.85. The molecule has 0 amide bonds. The van der Waals surface area contributed by atoms with Gasteiger partial charge in [-0.05, 0) is 44.7 Å². The van der Waals surface area contributed by atoms with Crippen LogP contribution < -0.4 is 10.5 Å². The van der Waals surface area contributed by atoms with Crippen molar-refractivity contribution in [2.45, 2.75) is 33.6 Å². The molecule has 1 aromatic carbocycles. The molecule has 0 saturated carbocycles. The molecule has 1 aliphatic heterocycles. The molecule has 138 valence electrons. The normalized spacial score (nSPS) is 15.1. The summed E-state index contributed by atoms with van der Waals surface area (Å²) in [5, 5.41) is 4.37. The Balaban J connectivity index is 2.06. The van der Waals surface area contributed by atoms with Crippen LogP contribution in [0.25, 0.3) is 5.69 Å². The number of hydrogen-bond acceptors (Lipinski definition) is 5. The van der Waals surface area contributed by atoms with E-state index in [2.05, 4.69) is 16.9 Å². The highest BCUT2D eigenvalue weighted by molar-refractivity contribution is 5.93. The smallest absolute Gasteiger partial charge is 0.360 e. The van der Waals surface area contributed by atoms with Crippen molar-refractivity contribution in [1.29, 1.82) is 0 Å². The molecule has 0 spiro atoms. The van der Waals surface area contributed by atoms with Gasteiger partial charge < -0.3 is 9.64 Å². The molecule has 6 nitrogen and oxygen atoms in total. The Bertz CT molecular complexity index is 834. The zero-order chi connectivity index (χ0) is 18.7. The molecule has 0 aliphatic carbocycles. The van der Waals surface area contributed by atoms with E-state index in [-0.39, 0.29) is 17.9 Å². The lowest BCUT2D eigenvalue weighted by atomic mass is 9.98. The topological polar surface area (TPSA) is 64.4 Å². The molecule has 0 unspecified atom stereocenters. The molecule has 1 aliphatic rings. The predicted octanol–water partition coefficient (Wildman–Crippen LogP) is 2.95. The first kappa shape index (κ1) is 18.2. The van der Waals surface area contributed by atoms with Gasteiger partial charge in [0.25, 0.3) is 5.56 Å².